The molecule has 1 saturated carbocycles. The Labute approximate surface area is 181 Å². The minimum absolute atomic E-state index is 0.0899. The van der Waals surface area contributed by atoms with Crippen LogP contribution >= 0.6 is 0 Å². The van der Waals surface area contributed by atoms with Crippen molar-refractivity contribution in [2.24, 2.45) is 10.9 Å². The number of nitrogens with zero attached hydrogens (tertiary/aromatic N) is 4. The summed E-state index contributed by atoms with van der Waals surface area (Å²) in [5.41, 5.74) is 2.31. The van der Waals surface area contributed by atoms with Gasteiger partial charge in [0.15, 0.2) is 11.3 Å². The monoisotopic (exact) mass is 430 g/mol. The number of pyridine rings is 1. The lowest BCUT2D eigenvalue weighted by molar-refractivity contribution is 0.0524. The normalized spacial score (nSPS) is 19.0. The second-order valence-electron chi connectivity index (χ2n) is 8.33. The average Bonchev–Trinajstić information content (AvgIpc) is 3.54. The van der Waals surface area contributed by atoms with Crippen LogP contribution in [-0.2, 0) is 4.74 Å². The molecule has 2 aromatic heterocycles. The van der Waals surface area contributed by atoms with Gasteiger partial charge in [0.1, 0.15) is 21.9 Å². The van der Waals surface area contributed by atoms with E-state index in [-0.39, 0.29) is 40.5 Å². The largest absolute Gasteiger partial charge is 0.462 e. The van der Waals surface area contributed by atoms with Crippen LogP contribution in [0.5, 0.6) is 0 Å². The van der Waals surface area contributed by atoms with Crippen LogP contribution in [0.2, 0.25) is 0 Å². The van der Waals surface area contributed by atoms with Crippen molar-refractivity contribution in [3.05, 3.63) is 68.6 Å². The molecule has 7 nitrogen and oxygen atoms in total. The zero-order valence-corrected chi connectivity index (χ0v) is 17.6. The zero-order valence-electron chi connectivity index (χ0n) is 17.6. The summed E-state index contributed by atoms with van der Waals surface area (Å²) in [5, 5.41) is 0.668. The van der Waals surface area contributed by atoms with E-state index in [1.165, 1.54) is 12.3 Å². The van der Waals surface area contributed by atoms with Gasteiger partial charge in [-0.1, -0.05) is 19.1 Å². The van der Waals surface area contributed by atoms with E-state index in [4.69, 9.17) is 9.72 Å². The molecule has 0 spiro atoms. The first-order chi connectivity index (χ1) is 15.5. The van der Waals surface area contributed by atoms with Gasteiger partial charge >= 0.3 is 5.97 Å². The van der Waals surface area contributed by atoms with Crippen molar-refractivity contribution in [2.45, 2.75) is 32.7 Å². The summed E-state index contributed by atoms with van der Waals surface area (Å²) >= 11 is 0. The number of esters is 1. The Morgan fingerprint density at radius 1 is 1.28 bits per heavy atom. The van der Waals surface area contributed by atoms with Crippen LogP contribution in [0.3, 0.4) is 0 Å². The van der Waals surface area contributed by atoms with Gasteiger partial charge in [-0.3, -0.25) is 4.79 Å². The number of rotatable bonds is 3. The molecular formula is C24H19FN4O3. The van der Waals surface area contributed by atoms with Crippen LogP contribution in [0.1, 0.15) is 43.1 Å². The molecule has 1 fully saturated rings. The number of carbonyl (C=O) groups excluding carboxylic acids is 1. The molecule has 0 saturated heterocycles. The average molecular weight is 430 g/mol. The quantitative estimate of drug-likeness (QED) is 0.471. The Kier molecular flexibility index (Phi) is 3.96. The Hall–Kier alpha value is -3.68. The van der Waals surface area contributed by atoms with Gasteiger partial charge in [0.05, 0.1) is 23.2 Å². The van der Waals surface area contributed by atoms with Crippen LogP contribution in [0.25, 0.3) is 27.5 Å². The van der Waals surface area contributed by atoms with Crippen LogP contribution < -0.4 is 16.3 Å². The molecule has 3 heterocycles. The fourth-order valence-electron chi connectivity index (χ4n) is 4.53. The van der Waals surface area contributed by atoms with Gasteiger partial charge < -0.3 is 9.30 Å². The number of fused-ring (bicyclic) bond motifs is 5. The first-order valence-electron chi connectivity index (χ1n) is 10.7. The molecule has 8 heteroatoms. The molecule has 0 N–H and O–H groups in total. The lowest BCUT2D eigenvalue weighted by Crippen LogP contribution is -2.32. The second kappa shape index (κ2) is 6.66. The topological polar surface area (TPSA) is 86.4 Å². The molecule has 160 valence electrons. The van der Waals surface area contributed by atoms with Crippen molar-refractivity contribution >= 4 is 33.5 Å². The second-order valence-corrected chi connectivity index (χ2v) is 8.33. The zero-order chi connectivity index (χ0) is 22.1. The van der Waals surface area contributed by atoms with Gasteiger partial charge in [-0.25, -0.2) is 24.1 Å². The minimum Gasteiger partial charge on any atom is -0.462 e. The molecule has 1 aromatic carbocycles. The summed E-state index contributed by atoms with van der Waals surface area (Å²) < 4.78 is 22.2. The number of benzene rings is 1. The molecule has 1 unspecified atom stereocenters. The molecule has 2 aliphatic carbocycles. The third-order valence-electron chi connectivity index (χ3n) is 6.17. The summed E-state index contributed by atoms with van der Waals surface area (Å²) in [7, 11) is 0. The van der Waals surface area contributed by atoms with E-state index in [1.807, 2.05) is 29.7 Å². The first-order valence-corrected chi connectivity index (χ1v) is 10.7. The van der Waals surface area contributed by atoms with E-state index in [9.17, 15) is 9.59 Å². The van der Waals surface area contributed by atoms with Crippen molar-refractivity contribution < 1.29 is 13.9 Å². The minimum atomic E-state index is -0.710. The fourth-order valence-corrected chi connectivity index (χ4v) is 4.53. The Balaban J connectivity index is 1.75. The van der Waals surface area contributed by atoms with Crippen molar-refractivity contribution in [2.75, 3.05) is 6.61 Å². The van der Waals surface area contributed by atoms with Crippen molar-refractivity contribution in [3.63, 3.8) is 0 Å². The summed E-state index contributed by atoms with van der Waals surface area (Å²) in [6, 6.07) is 1.27. The molecule has 0 bridgehead atoms. The Bertz CT molecular complexity index is 1610. The molecular weight excluding hydrogens is 411 g/mol. The maximum atomic E-state index is 15.3. The SMILES string of the molecule is CCOC(=O)c1cn(C2CC2)c2c(cc(F)c3nc4c(nc32)=NC2=CC=CC(C)C=42)c1=O. The summed E-state index contributed by atoms with van der Waals surface area (Å²) in [6.07, 6.45) is 9.19. The van der Waals surface area contributed by atoms with E-state index < -0.39 is 17.2 Å². The predicted molar refractivity (Wildman–Crippen MR) is 116 cm³/mol. The van der Waals surface area contributed by atoms with Gasteiger partial charge in [-0.15, -0.1) is 0 Å². The van der Waals surface area contributed by atoms with Crippen molar-refractivity contribution in [3.8, 4) is 0 Å². The van der Waals surface area contributed by atoms with E-state index in [0.717, 1.165) is 24.1 Å². The molecule has 6 rings (SSSR count). The number of halogens is 1. The molecule has 3 aliphatic rings. The fraction of sp³-hybridized carbons (Fsp3) is 0.292. The number of hydrogen-bond donors (Lipinski definition) is 0. The number of hydrogen-bond acceptors (Lipinski definition) is 6. The van der Waals surface area contributed by atoms with Gasteiger partial charge in [-0.2, -0.15) is 0 Å². The highest BCUT2D eigenvalue weighted by Gasteiger charge is 2.30. The predicted octanol–water partition coefficient (Wildman–Crippen LogP) is 2.47. The lowest BCUT2D eigenvalue weighted by atomic mass is 9.94. The van der Waals surface area contributed by atoms with Crippen LogP contribution in [0, 0.1) is 11.7 Å². The number of ether oxygens (including phenoxy) is 1. The number of carbonyl (C=O) groups is 1. The number of aromatic nitrogens is 3. The molecule has 1 aliphatic heterocycles. The Morgan fingerprint density at radius 2 is 2.09 bits per heavy atom. The maximum Gasteiger partial charge on any atom is 0.343 e. The van der Waals surface area contributed by atoms with Crippen molar-refractivity contribution in [1.29, 1.82) is 0 Å². The van der Waals surface area contributed by atoms with E-state index in [0.29, 0.717) is 16.4 Å². The smallest absolute Gasteiger partial charge is 0.343 e. The molecule has 0 amide bonds. The van der Waals surface area contributed by atoms with Gasteiger partial charge in [0.2, 0.25) is 5.43 Å². The molecule has 32 heavy (non-hydrogen) atoms. The molecule has 3 aromatic rings. The first kappa shape index (κ1) is 19.0. The third kappa shape index (κ3) is 2.62. The standard InChI is InChI=1S/C24H19FN4O3/c1-3-32-24(31)14-10-29(12-7-8-12)21-13(22(14)30)9-15(25)18-20(21)28-23-19(27-18)17-11(2)5-4-6-16(17)26-23/h4-6,9-12H,3,7-8H2,1-2H3. The van der Waals surface area contributed by atoms with Gasteiger partial charge in [0, 0.05) is 23.7 Å². The number of allylic oxidation sites excluding steroid dienone is 4. The molecule has 0 radical (unpaired) electrons. The molecule has 1 atom stereocenters. The van der Waals surface area contributed by atoms with E-state index in [1.54, 1.807) is 6.92 Å². The van der Waals surface area contributed by atoms with Crippen LogP contribution in [-0.4, -0.2) is 27.1 Å². The van der Waals surface area contributed by atoms with Gasteiger partial charge in [0.25, 0.3) is 0 Å². The van der Waals surface area contributed by atoms with Gasteiger partial charge in [-0.05, 0) is 31.9 Å². The highest BCUT2D eigenvalue weighted by atomic mass is 19.1. The van der Waals surface area contributed by atoms with E-state index in [2.05, 4.69) is 9.98 Å². The highest BCUT2D eigenvalue weighted by Crippen LogP contribution is 2.38. The van der Waals surface area contributed by atoms with Crippen LogP contribution in [0.4, 0.5) is 4.39 Å². The summed E-state index contributed by atoms with van der Waals surface area (Å²) in [4.78, 5) is 39.5. The summed E-state index contributed by atoms with van der Waals surface area (Å²) in [5.74, 6) is -1.27. The Morgan fingerprint density at radius 3 is 2.84 bits per heavy atom. The lowest BCUT2D eigenvalue weighted by Gasteiger charge is -2.14. The van der Waals surface area contributed by atoms with E-state index >= 15 is 4.39 Å². The van der Waals surface area contributed by atoms with Crippen molar-refractivity contribution in [1.82, 2.24) is 14.5 Å². The maximum absolute atomic E-state index is 15.3. The summed E-state index contributed by atoms with van der Waals surface area (Å²) in [6.45, 7) is 3.85. The highest BCUT2D eigenvalue weighted by molar-refractivity contribution is 6.04. The third-order valence-corrected chi connectivity index (χ3v) is 6.17. The van der Waals surface area contributed by atoms with Crippen LogP contribution in [0.15, 0.2) is 46.0 Å².